The predicted molar refractivity (Wildman–Crippen MR) is 130 cm³/mol. The summed E-state index contributed by atoms with van der Waals surface area (Å²) in [6.45, 7) is 7.86. The van der Waals surface area contributed by atoms with E-state index in [4.69, 9.17) is 4.18 Å². The Morgan fingerprint density at radius 1 is 0.909 bits per heavy atom. The summed E-state index contributed by atoms with van der Waals surface area (Å²) in [6, 6.07) is 14.9. The van der Waals surface area contributed by atoms with Crippen LogP contribution in [0.1, 0.15) is 38.2 Å². The largest absolute Gasteiger partial charge is 0.383 e. The van der Waals surface area contributed by atoms with E-state index >= 15 is 0 Å². The molecule has 0 radical (unpaired) electrons. The quantitative estimate of drug-likeness (QED) is 0.313. The van der Waals surface area contributed by atoms with Crippen LogP contribution in [-0.4, -0.2) is 30.4 Å². The van der Waals surface area contributed by atoms with Gasteiger partial charge >= 0.3 is 10.1 Å². The fourth-order valence-corrected chi connectivity index (χ4v) is 4.47. The molecule has 170 valence electrons. The maximum atomic E-state index is 12.9. The van der Waals surface area contributed by atoms with Crippen molar-refractivity contribution in [1.29, 1.82) is 0 Å². The molecule has 33 heavy (non-hydrogen) atoms. The minimum atomic E-state index is -3.60. The van der Waals surface area contributed by atoms with Gasteiger partial charge in [-0.05, 0) is 85.8 Å². The molecule has 0 aliphatic carbocycles. The number of nitrogens with one attached hydrogen (secondary N) is 1. The highest BCUT2D eigenvalue weighted by Gasteiger charge is 2.16. The molecule has 6 nitrogen and oxygen atoms in total. The van der Waals surface area contributed by atoms with Gasteiger partial charge in [0.05, 0.1) is 17.3 Å². The van der Waals surface area contributed by atoms with Crippen LogP contribution >= 0.6 is 0 Å². The number of aromatic amines is 1. The monoisotopic (exact) mass is 462 g/mol. The number of H-pyrrole nitrogens is 1. The second-order valence-corrected chi connectivity index (χ2v) is 10.1. The minimum Gasteiger partial charge on any atom is -0.383 e. The molecule has 0 aliphatic rings. The van der Waals surface area contributed by atoms with E-state index in [1.807, 2.05) is 45.0 Å². The standard InChI is InChI=1S/C26H26N2O4S/c1-15-6-7-19(10-16(15)2)13-24(29)20-8-9-22-23(14-20)28-26(27-22)25-17(3)11-21(12-18(25)4)32-33(5,30)31/h6-12,14H,13H2,1-5H3,(H,27,28). The Hall–Kier alpha value is -3.45. The molecule has 7 heteroatoms. The van der Waals surface area contributed by atoms with E-state index in [1.54, 1.807) is 18.2 Å². The highest BCUT2D eigenvalue weighted by Crippen LogP contribution is 2.31. The number of fused-ring (bicyclic) bond motifs is 1. The van der Waals surface area contributed by atoms with Crippen LogP contribution in [0, 0.1) is 27.7 Å². The molecular weight excluding hydrogens is 436 g/mol. The minimum absolute atomic E-state index is 0.0472. The first-order chi connectivity index (χ1) is 15.5. The number of aromatic nitrogens is 2. The Kier molecular flexibility index (Phi) is 5.84. The van der Waals surface area contributed by atoms with Crippen molar-refractivity contribution in [2.24, 2.45) is 0 Å². The molecule has 0 unspecified atom stereocenters. The smallest absolute Gasteiger partial charge is 0.306 e. The molecule has 1 heterocycles. The van der Waals surface area contributed by atoms with E-state index in [-0.39, 0.29) is 11.5 Å². The van der Waals surface area contributed by atoms with Crippen LogP contribution in [0.5, 0.6) is 5.75 Å². The summed E-state index contributed by atoms with van der Waals surface area (Å²) < 4.78 is 27.9. The molecule has 0 fully saturated rings. The molecule has 0 saturated heterocycles. The maximum Gasteiger partial charge on any atom is 0.306 e. The Balaban J connectivity index is 1.64. The molecule has 1 N–H and O–H groups in total. The lowest BCUT2D eigenvalue weighted by atomic mass is 9.99. The molecule has 0 saturated carbocycles. The Bertz CT molecular complexity index is 1480. The van der Waals surface area contributed by atoms with E-state index in [2.05, 4.69) is 23.0 Å². The van der Waals surface area contributed by atoms with Crippen molar-refractivity contribution in [2.75, 3.05) is 6.26 Å². The van der Waals surface area contributed by atoms with Crippen molar-refractivity contribution in [3.05, 3.63) is 81.9 Å². The first kappa shape index (κ1) is 22.7. The Morgan fingerprint density at radius 2 is 1.61 bits per heavy atom. The zero-order valence-electron chi connectivity index (χ0n) is 19.3. The topological polar surface area (TPSA) is 89.1 Å². The van der Waals surface area contributed by atoms with Crippen molar-refractivity contribution < 1.29 is 17.4 Å². The van der Waals surface area contributed by atoms with Gasteiger partial charge in [-0.2, -0.15) is 8.42 Å². The number of hydrogen-bond donors (Lipinski definition) is 1. The number of rotatable bonds is 6. The molecule has 0 bridgehead atoms. The van der Waals surface area contributed by atoms with Gasteiger partial charge in [0, 0.05) is 17.5 Å². The third-order valence-corrected chi connectivity index (χ3v) is 6.23. The van der Waals surface area contributed by atoms with E-state index in [0.717, 1.165) is 39.5 Å². The normalized spacial score (nSPS) is 11.7. The van der Waals surface area contributed by atoms with E-state index in [1.165, 1.54) is 11.1 Å². The Morgan fingerprint density at radius 3 is 2.24 bits per heavy atom. The number of carbonyl (C=O) groups is 1. The van der Waals surface area contributed by atoms with E-state index < -0.39 is 10.1 Å². The highest BCUT2D eigenvalue weighted by molar-refractivity contribution is 7.86. The predicted octanol–water partition coefficient (Wildman–Crippen LogP) is 5.23. The van der Waals surface area contributed by atoms with Gasteiger partial charge in [-0.25, -0.2) is 4.98 Å². The lowest BCUT2D eigenvalue weighted by Crippen LogP contribution is -2.06. The summed E-state index contributed by atoms with van der Waals surface area (Å²) in [4.78, 5) is 20.9. The van der Waals surface area contributed by atoms with Gasteiger partial charge in [0.15, 0.2) is 5.78 Å². The van der Waals surface area contributed by atoms with E-state index in [9.17, 15) is 13.2 Å². The summed E-state index contributed by atoms with van der Waals surface area (Å²) in [7, 11) is -3.60. The van der Waals surface area contributed by atoms with E-state index in [0.29, 0.717) is 17.8 Å². The Labute approximate surface area is 193 Å². The second kappa shape index (κ2) is 8.48. The third-order valence-electron chi connectivity index (χ3n) is 5.73. The zero-order chi connectivity index (χ0) is 23.9. The number of carbonyl (C=O) groups excluding carboxylic acids is 1. The van der Waals surface area contributed by atoms with Crippen LogP contribution < -0.4 is 4.18 Å². The second-order valence-electron chi connectivity index (χ2n) is 8.56. The fraction of sp³-hybridized carbons (Fsp3) is 0.231. The zero-order valence-corrected chi connectivity index (χ0v) is 20.1. The van der Waals surface area contributed by atoms with Crippen LogP contribution in [0.2, 0.25) is 0 Å². The summed E-state index contributed by atoms with van der Waals surface area (Å²) in [5.41, 5.74) is 8.06. The van der Waals surface area contributed by atoms with Crippen LogP contribution in [-0.2, 0) is 16.5 Å². The highest BCUT2D eigenvalue weighted by atomic mass is 32.2. The van der Waals surface area contributed by atoms with Gasteiger partial charge in [0.2, 0.25) is 0 Å². The van der Waals surface area contributed by atoms with Crippen LogP contribution in [0.15, 0.2) is 48.5 Å². The van der Waals surface area contributed by atoms with Crippen molar-refractivity contribution >= 4 is 26.9 Å². The number of ketones is 1. The average molecular weight is 463 g/mol. The molecule has 0 atom stereocenters. The molecule has 0 amide bonds. The van der Waals surface area contributed by atoms with Gasteiger partial charge in [-0.15, -0.1) is 0 Å². The first-order valence-electron chi connectivity index (χ1n) is 10.6. The fourth-order valence-electron chi connectivity index (χ4n) is 4.02. The van der Waals surface area contributed by atoms with Crippen molar-refractivity contribution in [2.45, 2.75) is 34.1 Å². The molecule has 0 aliphatic heterocycles. The summed E-state index contributed by atoms with van der Waals surface area (Å²) in [5.74, 6) is 0.974. The molecule has 4 aromatic rings. The SMILES string of the molecule is Cc1ccc(CC(=O)c2ccc3nc(-c4c(C)cc(OS(C)(=O)=O)cc4C)[nH]c3c2)cc1C. The number of aryl methyl sites for hydroxylation is 4. The third kappa shape index (κ3) is 4.98. The number of benzene rings is 3. The lowest BCUT2D eigenvalue weighted by molar-refractivity contribution is 0.0993. The molecule has 3 aromatic carbocycles. The molecular formula is C26H26N2O4S. The lowest BCUT2D eigenvalue weighted by Gasteiger charge is -2.10. The van der Waals surface area contributed by atoms with Gasteiger partial charge in [0.1, 0.15) is 11.6 Å². The van der Waals surface area contributed by atoms with Crippen LogP contribution in [0.4, 0.5) is 0 Å². The van der Waals surface area contributed by atoms with Gasteiger partial charge in [0.25, 0.3) is 0 Å². The first-order valence-corrected chi connectivity index (χ1v) is 12.4. The molecule has 1 aromatic heterocycles. The number of nitrogens with zero attached hydrogens (tertiary/aromatic N) is 1. The van der Waals surface area contributed by atoms with Crippen molar-refractivity contribution in [1.82, 2.24) is 9.97 Å². The van der Waals surface area contributed by atoms with Crippen LogP contribution in [0.25, 0.3) is 22.4 Å². The number of hydrogen-bond acceptors (Lipinski definition) is 5. The van der Waals surface area contributed by atoms with Gasteiger partial charge < -0.3 is 9.17 Å². The molecule has 4 rings (SSSR count). The van der Waals surface area contributed by atoms with Gasteiger partial charge in [-0.1, -0.05) is 18.2 Å². The summed E-state index contributed by atoms with van der Waals surface area (Å²) >= 11 is 0. The summed E-state index contributed by atoms with van der Waals surface area (Å²) in [5, 5.41) is 0. The number of Topliss-reactive ketones (excluding diaryl/α,β-unsaturated/α-hetero) is 1. The van der Waals surface area contributed by atoms with Crippen molar-refractivity contribution in [3.63, 3.8) is 0 Å². The van der Waals surface area contributed by atoms with Crippen molar-refractivity contribution in [3.8, 4) is 17.1 Å². The average Bonchev–Trinajstić information content (AvgIpc) is 3.11. The maximum absolute atomic E-state index is 12.9. The van der Waals surface area contributed by atoms with Gasteiger partial charge in [-0.3, -0.25) is 4.79 Å². The molecule has 0 spiro atoms. The number of imidazole rings is 1. The van der Waals surface area contributed by atoms with Crippen LogP contribution in [0.3, 0.4) is 0 Å². The summed E-state index contributed by atoms with van der Waals surface area (Å²) in [6.07, 6.45) is 1.36.